The number of rotatable bonds is 5. The normalized spacial score (nSPS) is 21.3. The Morgan fingerprint density at radius 2 is 1.90 bits per heavy atom. The average molecular weight is 447 g/mol. The van der Waals surface area contributed by atoms with E-state index in [9.17, 15) is 17.6 Å². The number of hydrogen-bond donors (Lipinski definition) is 1. The van der Waals surface area contributed by atoms with Crippen LogP contribution >= 0.6 is 0 Å². The third-order valence-corrected chi connectivity index (χ3v) is 8.14. The Morgan fingerprint density at radius 1 is 1.19 bits per heavy atom. The number of sulfonamides is 1. The van der Waals surface area contributed by atoms with Crippen LogP contribution in [0.2, 0.25) is 0 Å². The lowest BCUT2D eigenvalue weighted by Gasteiger charge is -2.37. The molecule has 8 heteroatoms. The first-order valence-electron chi connectivity index (χ1n) is 10.5. The zero-order valence-corrected chi connectivity index (χ0v) is 18.3. The van der Waals surface area contributed by atoms with Crippen molar-refractivity contribution in [1.82, 2.24) is 4.31 Å². The van der Waals surface area contributed by atoms with Crippen molar-refractivity contribution >= 4 is 21.6 Å². The molecule has 1 unspecified atom stereocenters. The number of benzene rings is 2. The Bertz CT molecular complexity index is 1050. The van der Waals surface area contributed by atoms with Crippen LogP contribution in [0.3, 0.4) is 0 Å². The van der Waals surface area contributed by atoms with Gasteiger partial charge in [0.25, 0.3) is 0 Å². The minimum atomic E-state index is -3.59. The van der Waals surface area contributed by atoms with Crippen LogP contribution in [0, 0.1) is 24.1 Å². The van der Waals surface area contributed by atoms with Crippen molar-refractivity contribution in [2.75, 3.05) is 31.6 Å². The van der Waals surface area contributed by atoms with E-state index in [4.69, 9.17) is 4.74 Å². The van der Waals surface area contributed by atoms with E-state index in [1.54, 1.807) is 6.07 Å². The maximum Gasteiger partial charge on any atom is 0.229 e. The molecule has 2 aliphatic rings. The van der Waals surface area contributed by atoms with Gasteiger partial charge in [0, 0.05) is 37.4 Å². The Hall–Kier alpha value is -2.29. The maximum absolute atomic E-state index is 13.5. The molecule has 166 valence electrons. The molecule has 2 heterocycles. The van der Waals surface area contributed by atoms with Gasteiger partial charge >= 0.3 is 0 Å². The van der Waals surface area contributed by atoms with E-state index in [1.165, 1.54) is 22.5 Å². The van der Waals surface area contributed by atoms with Gasteiger partial charge in [-0.25, -0.2) is 17.1 Å². The van der Waals surface area contributed by atoms with E-state index in [2.05, 4.69) is 5.32 Å². The molecule has 0 aliphatic carbocycles. The third-order valence-electron chi connectivity index (χ3n) is 6.38. The molecule has 1 atom stereocenters. The molecule has 31 heavy (non-hydrogen) atoms. The van der Waals surface area contributed by atoms with E-state index >= 15 is 0 Å². The van der Waals surface area contributed by atoms with Crippen molar-refractivity contribution in [3.63, 3.8) is 0 Å². The number of nitrogens with one attached hydrogen (secondary N) is 1. The molecule has 4 rings (SSSR count). The van der Waals surface area contributed by atoms with Gasteiger partial charge in [-0.2, -0.15) is 0 Å². The van der Waals surface area contributed by atoms with Gasteiger partial charge in [-0.15, -0.1) is 0 Å². The number of hydrogen-bond acceptors (Lipinski definition) is 4. The van der Waals surface area contributed by atoms with Gasteiger partial charge in [0.1, 0.15) is 5.82 Å². The van der Waals surface area contributed by atoms with Gasteiger partial charge in [-0.3, -0.25) is 4.79 Å². The van der Waals surface area contributed by atoms with Crippen LogP contribution < -0.4 is 5.32 Å². The van der Waals surface area contributed by atoms with Crippen LogP contribution in [0.25, 0.3) is 0 Å². The molecule has 2 aliphatic heterocycles. The molecule has 2 saturated heterocycles. The second-order valence-electron chi connectivity index (χ2n) is 8.56. The molecule has 1 N–H and O–H groups in total. The number of ether oxygens (including phenoxy) is 1. The lowest BCUT2D eigenvalue weighted by Crippen LogP contribution is -2.42. The number of nitrogens with zero attached hydrogens (tertiary/aromatic N) is 1. The molecular weight excluding hydrogens is 419 g/mol. The highest BCUT2D eigenvalue weighted by atomic mass is 32.2. The van der Waals surface area contributed by atoms with Gasteiger partial charge < -0.3 is 10.1 Å². The predicted octanol–water partition coefficient (Wildman–Crippen LogP) is 3.33. The van der Waals surface area contributed by atoms with Crippen molar-refractivity contribution in [3.8, 4) is 0 Å². The highest BCUT2D eigenvalue weighted by Gasteiger charge is 2.53. The SMILES string of the molecule is Cc1ccc(CS(=O)(=O)N2CC(C(=O)Nc3cccc(F)c3)C3(CCOCC3)C2)cc1. The first kappa shape index (κ1) is 21.9. The number of carbonyl (C=O) groups is 1. The van der Waals surface area contributed by atoms with Crippen LogP contribution in [-0.4, -0.2) is 44.9 Å². The van der Waals surface area contributed by atoms with Crippen molar-refractivity contribution in [2.45, 2.75) is 25.5 Å². The largest absolute Gasteiger partial charge is 0.381 e. The number of carbonyl (C=O) groups excluding carboxylic acids is 1. The highest BCUT2D eigenvalue weighted by Crippen LogP contribution is 2.46. The summed E-state index contributed by atoms with van der Waals surface area (Å²) in [4.78, 5) is 13.2. The summed E-state index contributed by atoms with van der Waals surface area (Å²) in [6.07, 6.45) is 1.23. The standard InChI is InChI=1S/C23H27FN2O4S/c1-17-5-7-18(8-6-17)15-31(28,29)26-14-21(23(16-26)9-11-30-12-10-23)22(27)25-20-4-2-3-19(24)13-20/h2-8,13,21H,9-12,14-16H2,1H3,(H,25,27). The van der Waals surface area contributed by atoms with Crippen LogP contribution in [0.15, 0.2) is 48.5 Å². The summed E-state index contributed by atoms with van der Waals surface area (Å²) >= 11 is 0. The van der Waals surface area contributed by atoms with Crippen LogP contribution in [0.5, 0.6) is 0 Å². The fourth-order valence-electron chi connectivity index (χ4n) is 4.56. The zero-order valence-electron chi connectivity index (χ0n) is 17.5. The molecule has 0 saturated carbocycles. The summed E-state index contributed by atoms with van der Waals surface area (Å²) in [6, 6.07) is 13.2. The summed E-state index contributed by atoms with van der Waals surface area (Å²) in [7, 11) is -3.59. The van der Waals surface area contributed by atoms with Gasteiger partial charge in [0.2, 0.25) is 15.9 Å². The Labute approximate surface area is 182 Å². The van der Waals surface area contributed by atoms with Crippen LogP contribution in [0.4, 0.5) is 10.1 Å². The molecule has 1 spiro atoms. The average Bonchev–Trinajstić information content (AvgIpc) is 3.10. The lowest BCUT2D eigenvalue weighted by atomic mass is 9.72. The Morgan fingerprint density at radius 3 is 2.58 bits per heavy atom. The minimum absolute atomic E-state index is 0.0991. The molecule has 2 aromatic carbocycles. The summed E-state index contributed by atoms with van der Waals surface area (Å²) < 4.78 is 46.9. The van der Waals surface area contributed by atoms with Crippen molar-refractivity contribution in [2.24, 2.45) is 11.3 Å². The van der Waals surface area contributed by atoms with E-state index in [-0.39, 0.29) is 18.2 Å². The Balaban J connectivity index is 1.56. The molecule has 2 aromatic rings. The van der Waals surface area contributed by atoms with Crippen molar-refractivity contribution in [3.05, 3.63) is 65.5 Å². The van der Waals surface area contributed by atoms with E-state index in [1.807, 2.05) is 31.2 Å². The predicted molar refractivity (Wildman–Crippen MR) is 116 cm³/mol. The first-order chi connectivity index (χ1) is 14.8. The van der Waals surface area contributed by atoms with Gasteiger partial charge in [-0.05, 0) is 43.5 Å². The minimum Gasteiger partial charge on any atom is -0.381 e. The topological polar surface area (TPSA) is 75.7 Å². The summed E-state index contributed by atoms with van der Waals surface area (Å²) in [5, 5.41) is 2.78. The molecular formula is C23H27FN2O4S. The van der Waals surface area contributed by atoms with E-state index < -0.39 is 27.2 Å². The van der Waals surface area contributed by atoms with Gasteiger partial charge in [0.15, 0.2) is 0 Å². The fraction of sp³-hybridized carbons (Fsp3) is 0.435. The van der Waals surface area contributed by atoms with E-state index in [0.29, 0.717) is 38.3 Å². The smallest absolute Gasteiger partial charge is 0.229 e. The van der Waals surface area contributed by atoms with Crippen LogP contribution in [-0.2, 0) is 25.3 Å². The van der Waals surface area contributed by atoms with Crippen molar-refractivity contribution < 1.29 is 22.3 Å². The van der Waals surface area contributed by atoms with Crippen molar-refractivity contribution in [1.29, 1.82) is 0 Å². The fourth-order valence-corrected chi connectivity index (χ4v) is 6.19. The quantitative estimate of drug-likeness (QED) is 0.765. The number of halogens is 1. The van der Waals surface area contributed by atoms with E-state index in [0.717, 1.165) is 11.1 Å². The molecule has 1 amide bonds. The van der Waals surface area contributed by atoms with Crippen LogP contribution in [0.1, 0.15) is 24.0 Å². The second-order valence-corrected chi connectivity index (χ2v) is 10.5. The monoisotopic (exact) mass is 446 g/mol. The number of anilines is 1. The Kier molecular flexibility index (Phi) is 6.14. The molecule has 0 bridgehead atoms. The third kappa shape index (κ3) is 4.81. The molecule has 2 fully saturated rings. The van der Waals surface area contributed by atoms with Gasteiger partial charge in [-0.1, -0.05) is 35.9 Å². The highest BCUT2D eigenvalue weighted by molar-refractivity contribution is 7.88. The summed E-state index contributed by atoms with van der Waals surface area (Å²) in [6.45, 7) is 3.36. The molecule has 0 aromatic heterocycles. The summed E-state index contributed by atoms with van der Waals surface area (Å²) in [5.74, 6) is -1.33. The number of amides is 1. The second kappa shape index (κ2) is 8.68. The lowest BCUT2D eigenvalue weighted by molar-refractivity contribution is -0.124. The summed E-state index contributed by atoms with van der Waals surface area (Å²) in [5.41, 5.74) is 1.68. The maximum atomic E-state index is 13.5. The number of aryl methyl sites for hydroxylation is 1. The zero-order chi connectivity index (χ0) is 22.1. The van der Waals surface area contributed by atoms with Gasteiger partial charge in [0.05, 0.1) is 11.7 Å². The first-order valence-corrected chi connectivity index (χ1v) is 12.1. The molecule has 6 nitrogen and oxygen atoms in total. The molecule has 0 radical (unpaired) electrons.